The van der Waals surface area contributed by atoms with E-state index in [1.807, 2.05) is 6.07 Å². The number of nitrogens with zero attached hydrogens (tertiary/aromatic N) is 3. The zero-order chi connectivity index (χ0) is 17.0. The van der Waals surface area contributed by atoms with Crippen molar-refractivity contribution in [3.05, 3.63) is 24.2 Å². The number of esters is 1. The number of nitrogens with two attached hydrogens (primary N) is 1. The predicted octanol–water partition coefficient (Wildman–Crippen LogP) is 0.429. The Morgan fingerprint density at radius 2 is 2.13 bits per heavy atom. The molecule has 2 atom stereocenters. The molecule has 0 saturated heterocycles. The van der Waals surface area contributed by atoms with Crippen molar-refractivity contribution in [2.24, 2.45) is 5.92 Å². The molecule has 0 unspecified atom stereocenters. The van der Waals surface area contributed by atoms with Crippen LogP contribution in [0.2, 0.25) is 0 Å². The molecule has 0 aliphatic heterocycles. The second-order valence-corrected chi connectivity index (χ2v) is 5.56. The molecule has 0 aliphatic rings. The fourth-order valence-corrected chi connectivity index (χ4v) is 2.25. The van der Waals surface area contributed by atoms with Crippen LogP contribution in [-0.4, -0.2) is 51.6 Å². The summed E-state index contributed by atoms with van der Waals surface area (Å²) >= 11 is 0. The van der Waals surface area contributed by atoms with Gasteiger partial charge in [-0.25, -0.2) is 9.50 Å². The standard InChI is InChI=1S/C15H22N4O4/c1-9(2)15(21)23-12(13(7-20)22-3)6-10-4-5-11-14(16)17-8-18-19(10)11/h4-5,8-9,12-13,20H,6-7H2,1-3H3,(H2,16,17,18)/t12-,13+/m0/s1. The highest BCUT2D eigenvalue weighted by Gasteiger charge is 2.27. The second-order valence-electron chi connectivity index (χ2n) is 5.56. The van der Waals surface area contributed by atoms with Crippen LogP contribution in [0.4, 0.5) is 5.82 Å². The monoisotopic (exact) mass is 322 g/mol. The van der Waals surface area contributed by atoms with Crippen molar-refractivity contribution in [2.75, 3.05) is 19.5 Å². The number of ether oxygens (including phenoxy) is 2. The summed E-state index contributed by atoms with van der Waals surface area (Å²) in [7, 11) is 1.47. The number of nitrogen functional groups attached to an aromatic ring is 1. The molecule has 0 bridgehead atoms. The van der Waals surface area contributed by atoms with Gasteiger partial charge in [0.2, 0.25) is 0 Å². The third kappa shape index (κ3) is 3.77. The maximum Gasteiger partial charge on any atom is 0.308 e. The Morgan fingerprint density at radius 1 is 1.39 bits per heavy atom. The average molecular weight is 322 g/mol. The molecule has 0 aromatic carbocycles. The summed E-state index contributed by atoms with van der Waals surface area (Å²) in [5, 5.41) is 13.6. The molecule has 0 aliphatic carbocycles. The van der Waals surface area contributed by atoms with Gasteiger partial charge in [-0.1, -0.05) is 13.8 Å². The lowest BCUT2D eigenvalue weighted by Crippen LogP contribution is -2.38. The largest absolute Gasteiger partial charge is 0.459 e. The van der Waals surface area contributed by atoms with Crippen LogP contribution in [0, 0.1) is 5.92 Å². The van der Waals surface area contributed by atoms with Crippen LogP contribution in [0.3, 0.4) is 0 Å². The summed E-state index contributed by atoms with van der Waals surface area (Å²) in [6.45, 7) is 3.24. The summed E-state index contributed by atoms with van der Waals surface area (Å²) in [5.41, 5.74) is 7.27. The number of aliphatic hydroxyl groups is 1. The maximum atomic E-state index is 11.9. The van der Waals surface area contributed by atoms with E-state index < -0.39 is 12.2 Å². The SMILES string of the molecule is CO[C@H](CO)[C@H](Cc1ccc2c(N)ncnn12)OC(=O)C(C)C. The average Bonchev–Trinajstić information content (AvgIpc) is 2.93. The molecular formula is C15H22N4O4. The van der Waals surface area contributed by atoms with E-state index in [0.717, 1.165) is 5.69 Å². The molecule has 0 amide bonds. The second kappa shape index (κ2) is 7.38. The molecule has 0 spiro atoms. The number of fused-ring (bicyclic) bond motifs is 1. The first-order chi connectivity index (χ1) is 11.0. The number of carbonyl (C=O) groups is 1. The molecule has 126 valence electrons. The van der Waals surface area contributed by atoms with Crippen molar-refractivity contribution in [2.45, 2.75) is 32.5 Å². The molecule has 8 nitrogen and oxygen atoms in total. The first-order valence-electron chi connectivity index (χ1n) is 7.39. The lowest BCUT2D eigenvalue weighted by molar-refractivity contribution is -0.161. The molecule has 0 saturated carbocycles. The molecule has 2 rings (SSSR count). The molecule has 8 heteroatoms. The van der Waals surface area contributed by atoms with Crippen LogP contribution in [0.15, 0.2) is 18.5 Å². The number of rotatable bonds is 7. The van der Waals surface area contributed by atoms with Gasteiger partial charge in [-0.3, -0.25) is 4.79 Å². The van der Waals surface area contributed by atoms with E-state index in [-0.39, 0.29) is 18.5 Å². The van der Waals surface area contributed by atoms with Gasteiger partial charge < -0.3 is 20.3 Å². The van der Waals surface area contributed by atoms with Gasteiger partial charge in [0, 0.05) is 19.2 Å². The van der Waals surface area contributed by atoms with Crippen LogP contribution in [-0.2, 0) is 20.7 Å². The van der Waals surface area contributed by atoms with Crippen molar-refractivity contribution in [1.29, 1.82) is 0 Å². The summed E-state index contributed by atoms with van der Waals surface area (Å²) < 4.78 is 12.4. The van der Waals surface area contributed by atoms with Crippen LogP contribution in [0.5, 0.6) is 0 Å². The minimum atomic E-state index is -0.630. The van der Waals surface area contributed by atoms with E-state index in [2.05, 4.69) is 10.1 Å². The summed E-state index contributed by atoms with van der Waals surface area (Å²) in [6, 6.07) is 3.63. The van der Waals surface area contributed by atoms with E-state index in [1.54, 1.807) is 24.4 Å². The van der Waals surface area contributed by atoms with Crippen LogP contribution in [0.25, 0.3) is 5.52 Å². The third-order valence-corrected chi connectivity index (χ3v) is 3.61. The first-order valence-corrected chi connectivity index (χ1v) is 7.39. The molecule has 2 aromatic rings. The zero-order valence-electron chi connectivity index (χ0n) is 13.5. The lowest BCUT2D eigenvalue weighted by atomic mass is 10.1. The normalized spacial score (nSPS) is 14.1. The Bertz CT molecular complexity index is 667. The number of hydrogen-bond donors (Lipinski definition) is 2. The van der Waals surface area contributed by atoms with Gasteiger partial charge in [-0.05, 0) is 12.1 Å². The summed E-state index contributed by atoms with van der Waals surface area (Å²) in [6.07, 6.45) is 0.444. The Hall–Kier alpha value is -2.19. The van der Waals surface area contributed by atoms with Gasteiger partial charge in [-0.15, -0.1) is 0 Å². The van der Waals surface area contributed by atoms with E-state index in [4.69, 9.17) is 15.2 Å². The molecule has 2 heterocycles. The Labute approximate surface area is 134 Å². The lowest BCUT2D eigenvalue weighted by Gasteiger charge is -2.25. The molecular weight excluding hydrogens is 300 g/mol. The molecule has 0 fully saturated rings. The van der Waals surface area contributed by atoms with Crippen molar-refractivity contribution >= 4 is 17.3 Å². The molecule has 23 heavy (non-hydrogen) atoms. The fourth-order valence-electron chi connectivity index (χ4n) is 2.25. The van der Waals surface area contributed by atoms with Gasteiger partial charge in [0.25, 0.3) is 0 Å². The number of anilines is 1. The Morgan fingerprint density at radius 3 is 2.74 bits per heavy atom. The highest BCUT2D eigenvalue weighted by atomic mass is 16.6. The smallest absolute Gasteiger partial charge is 0.308 e. The summed E-state index contributed by atoms with van der Waals surface area (Å²) in [5.74, 6) is -0.247. The van der Waals surface area contributed by atoms with Crippen LogP contribution in [0.1, 0.15) is 19.5 Å². The quantitative estimate of drug-likeness (QED) is 0.711. The van der Waals surface area contributed by atoms with Gasteiger partial charge in [0.05, 0.1) is 12.5 Å². The minimum Gasteiger partial charge on any atom is -0.459 e. The van der Waals surface area contributed by atoms with E-state index in [1.165, 1.54) is 13.4 Å². The topological polar surface area (TPSA) is 112 Å². The van der Waals surface area contributed by atoms with Crippen LogP contribution < -0.4 is 5.73 Å². The van der Waals surface area contributed by atoms with Crippen molar-refractivity contribution in [3.63, 3.8) is 0 Å². The number of hydrogen-bond acceptors (Lipinski definition) is 7. The third-order valence-electron chi connectivity index (χ3n) is 3.61. The number of methoxy groups -OCH3 is 1. The van der Waals surface area contributed by atoms with Gasteiger partial charge in [0.1, 0.15) is 24.1 Å². The number of carbonyl (C=O) groups excluding carboxylic acids is 1. The highest BCUT2D eigenvalue weighted by molar-refractivity contribution is 5.71. The Balaban J connectivity index is 2.28. The summed E-state index contributed by atoms with van der Waals surface area (Å²) in [4.78, 5) is 15.9. The molecule has 2 aromatic heterocycles. The van der Waals surface area contributed by atoms with Gasteiger partial charge in [0.15, 0.2) is 5.82 Å². The van der Waals surface area contributed by atoms with Crippen LogP contribution >= 0.6 is 0 Å². The maximum absolute atomic E-state index is 11.9. The zero-order valence-corrected chi connectivity index (χ0v) is 13.5. The fraction of sp³-hybridized carbons (Fsp3) is 0.533. The highest BCUT2D eigenvalue weighted by Crippen LogP contribution is 2.18. The van der Waals surface area contributed by atoms with Crippen molar-refractivity contribution < 1.29 is 19.4 Å². The number of aliphatic hydroxyl groups excluding tert-OH is 1. The van der Waals surface area contributed by atoms with Crippen molar-refractivity contribution in [3.8, 4) is 0 Å². The minimum absolute atomic E-state index is 0.257. The van der Waals surface area contributed by atoms with Crippen molar-refractivity contribution in [1.82, 2.24) is 14.6 Å². The van der Waals surface area contributed by atoms with Gasteiger partial charge in [-0.2, -0.15) is 5.10 Å². The Kier molecular flexibility index (Phi) is 5.51. The molecule has 0 radical (unpaired) electrons. The van der Waals surface area contributed by atoms with E-state index >= 15 is 0 Å². The molecule has 3 N–H and O–H groups in total. The first kappa shape index (κ1) is 17.2. The van der Waals surface area contributed by atoms with E-state index in [0.29, 0.717) is 17.8 Å². The number of aromatic nitrogens is 3. The predicted molar refractivity (Wildman–Crippen MR) is 83.7 cm³/mol. The van der Waals surface area contributed by atoms with E-state index in [9.17, 15) is 9.90 Å². The van der Waals surface area contributed by atoms with Gasteiger partial charge >= 0.3 is 5.97 Å².